The van der Waals surface area contributed by atoms with E-state index in [1.165, 1.54) is 29.5 Å². The molecule has 0 radical (unpaired) electrons. The van der Waals surface area contributed by atoms with Crippen molar-refractivity contribution < 1.29 is 32.3 Å². The topological polar surface area (TPSA) is 140 Å². The Morgan fingerprint density at radius 3 is 1.59 bits per heavy atom. The number of fused-ring (bicyclic) bond motifs is 2. The van der Waals surface area contributed by atoms with Crippen LogP contribution in [-0.4, -0.2) is 35.1 Å². The molecule has 0 bridgehead atoms. The first-order valence-corrected chi connectivity index (χ1v) is 13.4. The lowest BCUT2D eigenvalue weighted by Gasteiger charge is -2.10. The van der Waals surface area contributed by atoms with Crippen LogP contribution in [0.15, 0.2) is 60.7 Å². The van der Waals surface area contributed by atoms with Gasteiger partial charge in [-0.05, 0) is 42.3 Å². The first-order valence-electron chi connectivity index (χ1n) is 11.7. The minimum Gasteiger partial charge on any atom is -0.294 e. The zero-order valence-electron chi connectivity index (χ0n) is 20.9. The molecule has 2 aliphatic heterocycles. The van der Waals surface area contributed by atoms with E-state index in [-0.39, 0.29) is 27.4 Å². The Labute approximate surface area is 237 Å². The summed E-state index contributed by atoms with van der Waals surface area (Å²) in [5.41, 5.74) is 1.63. The highest BCUT2D eigenvalue weighted by Gasteiger charge is 2.33. The number of carbonyl (C=O) groups is 4. The van der Waals surface area contributed by atoms with E-state index < -0.39 is 35.4 Å². The summed E-state index contributed by atoms with van der Waals surface area (Å²) in [4.78, 5) is 48.2. The molecule has 4 aromatic rings. The highest BCUT2D eigenvalue weighted by molar-refractivity contribution is 7.19. The highest BCUT2D eigenvalue weighted by atomic mass is 32.1. The molecule has 2 aromatic heterocycles. The number of amides is 4. The minimum absolute atomic E-state index is 0.127. The summed E-state index contributed by atoms with van der Waals surface area (Å²) in [6.07, 6.45) is -4.47. The third-order valence-corrected chi connectivity index (χ3v) is 8.50. The normalized spacial score (nSPS) is 14.5. The summed E-state index contributed by atoms with van der Waals surface area (Å²) < 4.78 is 38.2. The van der Waals surface area contributed by atoms with Crippen molar-refractivity contribution in [3.05, 3.63) is 92.7 Å². The fourth-order valence-corrected chi connectivity index (χ4v) is 6.29. The van der Waals surface area contributed by atoms with Crippen molar-refractivity contribution in [3.63, 3.8) is 0 Å². The van der Waals surface area contributed by atoms with Crippen molar-refractivity contribution in [1.82, 2.24) is 10.6 Å². The molecule has 6 rings (SSSR count). The van der Waals surface area contributed by atoms with Crippen molar-refractivity contribution in [3.8, 4) is 20.9 Å². The minimum atomic E-state index is -4.47. The van der Waals surface area contributed by atoms with Crippen LogP contribution in [0.3, 0.4) is 0 Å². The first-order chi connectivity index (χ1) is 19.3. The Morgan fingerprint density at radius 1 is 0.659 bits per heavy atom. The summed E-state index contributed by atoms with van der Waals surface area (Å²) >= 11 is 2.26. The number of imide groups is 2. The Kier molecular flexibility index (Phi) is 7.01. The number of hydrogen-bond donors (Lipinski definition) is 4. The van der Waals surface area contributed by atoms with E-state index in [1.807, 2.05) is 36.5 Å². The maximum absolute atomic E-state index is 12.7. The molecule has 41 heavy (non-hydrogen) atoms. The van der Waals surface area contributed by atoms with Crippen LogP contribution in [0.1, 0.15) is 41.6 Å². The molecule has 4 N–H and O–H groups in total. The number of benzene rings is 2. The molecule has 2 aliphatic rings. The molecular formula is C28H17F3N4O4S2. The number of rotatable bonds is 2. The molecule has 0 saturated carbocycles. The van der Waals surface area contributed by atoms with E-state index in [2.05, 4.69) is 5.32 Å². The molecule has 0 spiro atoms. The lowest BCUT2D eigenvalue weighted by molar-refractivity contribution is -0.137. The summed E-state index contributed by atoms with van der Waals surface area (Å²) in [5, 5.41) is 19.6. The highest BCUT2D eigenvalue weighted by Crippen LogP contribution is 2.37. The second-order valence-electron chi connectivity index (χ2n) is 8.97. The summed E-state index contributed by atoms with van der Waals surface area (Å²) in [6.45, 7) is 2.00. The van der Waals surface area contributed by atoms with Crippen molar-refractivity contribution in [2.45, 2.75) is 13.1 Å². The summed E-state index contributed by atoms with van der Waals surface area (Å²) in [5.74, 6) is -2.51. The smallest absolute Gasteiger partial charge is 0.294 e. The fourth-order valence-electron chi connectivity index (χ4n) is 4.09. The molecule has 206 valence electrons. The van der Waals surface area contributed by atoms with Gasteiger partial charge in [0.1, 0.15) is 11.4 Å². The molecule has 13 heteroatoms. The number of halogens is 3. The lowest BCUT2D eigenvalue weighted by atomic mass is 10.1. The van der Waals surface area contributed by atoms with Gasteiger partial charge in [-0.3, -0.25) is 40.6 Å². The zero-order valence-corrected chi connectivity index (χ0v) is 22.5. The van der Waals surface area contributed by atoms with Gasteiger partial charge in [-0.25, -0.2) is 0 Å². The SMILES string of the molecule is Cc1cccc(-c2cc3c(s2)C(=N)C(=O)NC3=O)c1.N=C1C(=O)NC(=O)c2cc(-c3cccc(C(F)(F)F)c3)sc21. The monoisotopic (exact) mass is 594 g/mol. The molecule has 0 atom stereocenters. The number of hydrogen-bond acceptors (Lipinski definition) is 8. The zero-order chi connectivity index (χ0) is 29.6. The maximum Gasteiger partial charge on any atom is 0.416 e. The van der Waals surface area contributed by atoms with E-state index in [4.69, 9.17) is 10.8 Å². The quantitative estimate of drug-likeness (QED) is 0.230. The second-order valence-corrected chi connectivity index (χ2v) is 11.1. The number of aryl methyl sites for hydroxylation is 1. The number of alkyl halides is 3. The predicted octanol–water partition coefficient (Wildman–Crippen LogP) is 5.43. The Morgan fingerprint density at radius 2 is 1.12 bits per heavy atom. The molecule has 0 aliphatic carbocycles. The predicted molar refractivity (Wildman–Crippen MR) is 148 cm³/mol. The third kappa shape index (κ3) is 5.36. The number of carbonyl (C=O) groups excluding carboxylic acids is 4. The van der Waals surface area contributed by atoms with Gasteiger partial charge in [-0.2, -0.15) is 13.2 Å². The van der Waals surface area contributed by atoms with Crippen LogP contribution in [0.25, 0.3) is 20.9 Å². The van der Waals surface area contributed by atoms with E-state index in [1.54, 1.807) is 6.07 Å². The van der Waals surface area contributed by atoms with Gasteiger partial charge in [0, 0.05) is 9.75 Å². The van der Waals surface area contributed by atoms with Crippen LogP contribution >= 0.6 is 22.7 Å². The van der Waals surface area contributed by atoms with Crippen LogP contribution in [-0.2, 0) is 15.8 Å². The van der Waals surface area contributed by atoms with E-state index in [0.717, 1.165) is 39.5 Å². The van der Waals surface area contributed by atoms with Gasteiger partial charge in [0.05, 0.1) is 26.4 Å². The molecule has 8 nitrogen and oxygen atoms in total. The van der Waals surface area contributed by atoms with Crippen molar-refractivity contribution in [2.24, 2.45) is 0 Å². The fraction of sp³-hybridized carbons (Fsp3) is 0.0714. The molecule has 2 aromatic carbocycles. The van der Waals surface area contributed by atoms with Gasteiger partial charge in [0.15, 0.2) is 0 Å². The van der Waals surface area contributed by atoms with Crippen LogP contribution in [0.5, 0.6) is 0 Å². The Hall–Kier alpha value is -4.75. The van der Waals surface area contributed by atoms with Crippen molar-refractivity contribution in [2.75, 3.05) is 0 Å². The Balaban J connectivity index is 0.000000166. The van der Waals surface area contributed by atoms with Crippen LogP contribution in [0.4, 0.5) is 13.2 Å². The van der Waals surface area contributed by atoms with Gasteiger partial charge in [0.2, 0.25) is 0 Å². The largest absolute Gasteiger partial charge is 0.416 e. The Bertz CT molecular complexity index is 1820. The average molecular weight is 595 g/mol. The third-order valence-electron chi connectivity index (χ3n) is 6.09. The number of thiophene rings is 2. The molecule has 0 fully saturated rings. The van der Waals surface area contributed by atoms with Crippen LogP contribution in [0.2, 0.25) is 0 Å². The van der Waals surface area contributed by atoms with Gasteiger partial charge >= 0.3 is 6.18 Å². The van der Waals surface area contributed by atoms with E-state index in [0.29, 0.717) is 15.3 Å². The average Bonchev–Trinajstić information content (AvgIpc) is 3.57. The van der Waals surface area contributed by atoms with E-state index >= 15 is 0 Å². The summed E-state index contributed by atoms with van der Waals surface area (Å²) in [7, 11) is 0. The molecule has 4 heterocycles. The maximum atomic E-state index is 12.7. The van der Waals surface area contributed by atoms with Gasteiger partial charge in [-0.1, -0.05) is 42.0 Å². The van der Waals surface area contributed by atoms with Crippen molar-refractivity contribution in [1.29, 1.82) is 10.8 Å². The molecule has 4 amide bonds. The first kappa shape index (κ1) is 27.8. The second kappa shape index (κ2) is 10.3. The van der Waals surface area contributed by atoms with Crippen LogP contribution in [0, 0.1) is 17.7 Å². The van der Waals surface area contributed by atoms with Gasteiger partial charge in [0.25, 0.3) is 23.6 Å². The molecule has 0 saturated heterocycles. The van der Waals surface area contributed by atoms with Gasteiger partial charge < -0.3 is 0 Å². The standard InChI is InChI=1S/C14H7F3N2O2S.C14H10N2O2S/c15-14(16,17)7-3-1-2-6(4-7)9-5-8-11(22-9)10(18)13(21)19-12(8)20;1-7-3-2-4-8(5-7)10-6-9-12(19-10)11(15)14(18)16-13(9)17/h1-5,18H,(H,19,20,21);2-6,15H,1H3,(H,16,17,18). The van der Waals surface area contributed by atoms with Crippen molar-refractivity contribution >= 4 is 57.7 Å². The summed E-state index contributed by atoms with van der Waals surface area (Å²) in [6, 6.07) is 15.7. The van der Waals surface area contributed by atoms with Gasteiger partial charge in [-0.15, -0.1) is 22.7 Å². The van der Waals surface area contributed by atoms with E-state index in [9.17, 15) is 32.3 Å². The molecular weight excluding hydrogens is 577 g/mol. The van der Waals surface area contributed by atoms with Crippen LogP contribution < -0.4 is 10.6 Å². The lowest BCUT2D eigenvalue weighted by Crippen LogP contribution is -2.41. The number of nitrogens with one attached hydrogen (secondary N) is 4. The molecule has 0 unspecified atom stereocenters.